The zero-order chi connectivity index (χ0) is 22.6. The topological polar surface area (TPSA) is 107 Å². The summed E-state index contributed by atoms with van der Waals surface area (Å²) in [5.41, 5.74) is 4.01. The Morgan fingerprint density at radius 2 is 1.45 bits per heavy atom. The van der Waals surface area contributed by atoms with Crippen LogP contribution in [0, 0.1) is 0 Å². The molecule has 0 atom stereocenters. The molecule has 0 bridgehead atoms. The van der Waals surface area contributed by atoms with E-state index < -0.39 is 5.91 Å². The smallest absolute Gasteiger partial charge is 0.249 e. The van der Waals surface area contributed by atoms with Gasteiger partial charge >= 0.3 is 0 Å². The lowest BCUT2D eigenvalue weighted by atomic mass is 10.1. The van der Waals surface area contributed by atoms with Crippen LogP contribution in [0.4, 0.5) is 0 Å². The number of hydrazone groups is 1. The Morgan fingerprint density at radius 1 is 0.839 bits per heavy atom. The van der Waals surface area contributed by atoms with Crippen LogP contribution in [-0.2, 0) is 16.0 Å². The van der Waals surface area contributed by atoms with Crippen molar-refractivity contribution in [2.45, 2.75) is 12.8 Å². The highest BCUT2D eigenvalue weighted by molar-refractivity contribution is 5.97. The number of benzene rings is 2. The highest BCUT2D eigenvalue weighted by Crippen LogP contribution is 2.28. The molecule has 2 aromatic rings. The van der Waals surface area contributed by atoms with E-state index in [4.69, 9.17) is 18.9 Å². The van der Waals surface area contributed by atoms with Gasteiger partial charge in [0.05, 0.1) is 34.7 Å². The molecular weight excluding hydrogens is 402 g/mol. The van der Waals surface area contributed by atoms with Gasteiger partial charge in [-0.3, -0.25) is 9.59 Å². The molecule has 0 aliphatic rings. The summed E-state index contributed by atoms with van der Waals surface area (Å²) in [6.07, 6.45) is 1.72. The number of hydrogen-bond donors (Lipinski definition) is 2. The molecule has 0 aliphatic heterocycles. The fraction of sp³-hybridized carbons (Fsp3) is 0.318. The third-order valence-corrected chi connectivity index (χ3v) is 4.32. The van der Waals surface area contributed by atoms with Crippen molar-refractivity contribution in [2.24, 2.45) is 5.10 Å². The summed E-state index contributed by atoms with van der Waals surface area (Å²) in [5.74, 6) is 1.50. The highest BCUT2D eigenvalue weighted by atomic mass is 16.5. The lowest BCUT2D eigenvalue weighted by Crippen LogP contribution is -2.31. The van der Waals surface area contributed by atoms with Gasteiger partial charge < -0.3 is 24.3 Å². The SMILES string of the molecule is COc1ccc(/C=N/NC(=O)CC(=O)NCCc2ccc(OC)c(OC)c2)cc1OC. The number of hydrogen-bond acceptors (Lipinski definition) is 7. The first-order chi connectivity index (χ1) is 15.0. The first-order valence-electron chi connectivity index (χ1n) is 9.52. The Kier molecular flexibility index (Phi) is 9.15. The number of nitrogens with one attached hydrogen (secondary N) is 2. The van der Waals surface area contributed by atoms with Crippen LogP contribution in [-0.4, -0.2) is 53.0 Å². The Labute approximate surface area is 181 Å². The van der Waals surface area contributed by atoms with Crippen LogP contribution >= 0.6 is 0 Å². The van der Waals surface area contributed by atoms with Crippen molar-refractivity contribution in [3.8, 4) is 23.0 Å². The zero-order valence-corrected chi connectivity index (χ0v) is 18.1. The van der Waals surface area contributed by atoms with Gasteiger partial charge in [0, 0.05) is 6.54 Å². The van der Waals surface area contributed by atoms with E-state index >= 15 is 0 Å². The highest BCUT2D eigenvalue weighted by Gasteiger charge is 2.09. The summed E-state index contributed by atoms with van der Waals surface area (Å²) in [4.78, 5) is 23.8. The predicted molar refractivity (Wildman–Crippen MR) is 116 cm³/mol. The maximum atomic E-state index is 12.0. The number of carbonyl (C=O) groups excluding carboxylic acids is 2. The second-order valence-corrected chi connectivity index (χ2v) is 6.37. The second kappa shape index (κ2) is 12.1. The van der Waals surface area contributed by atoms with Crippen molar-refractivity contribution < 1.29 is 28.5 Å². The monoisotopic (exact) mass is 429 g/mol. The van der Waals surface area contributed by atoms with E-state index in [2.05, 4.69) is 15.8 Å². The van der Waals surface area contributed by atoms with E-state index in [1.807, 2.05) is 12.1 Å². The molecule has 2 rings (SSSR count). The van der Waals surface area contributed by atoms with Crippen LogP contribution in [0.15, 0.2) is 41.5 Å². The molecule has 166 valence electrons. The fourth-order valence-electron chi connectivity index (χ4n) is 2.74. The van der Waals surface area contributed by atoms with Gasteiger partial charge in [0.2, 0.25) is 11.8 Å². The number of carbonyl (C=O) groups is 2. The van der Waals surface area contributed by atoms with Gasteiger partial charge in [0.1, 0.15) is 6.42 Å². The first kappa shape index (κ1) is 23.5. The average molecular weight is 429 g/mol. The summed E-state index contributed by atoms with van der Waals surface area (Å²) >= 11 is 0. The van der Waals surface area contributed by atoms with Crippen molar-refractivity contribution in [1.82, 2.24) is 10.7 Å². The molecule has 0 spiro atoms. The Bertz CT molecular complexity index is 929. The van der Waals surface area contributed by atoms with Crippen molar-refractivity contribution in [1.29, 1.82) is 0 Å². The molecule has 9 heteroatoms. The fourth-order valence-corrected chi connectivity index (χ4v) is 2.74. The lowest BCUT2D eigenvalue weighted by molar-refractivity contribution is -0.129. The van der Waals surface area contributed by atoms with Crippen LogP contribution in [0.2, 0.25) is 0 Å². The summed E-state index contributed by atoms with van der Waals surface area (Å²) < 4.78 is 20.8. The van der Waals surface area contributed by atoms with Gasteiger partial charge in [-0.15, -0.1) is 0 Å². The van der Waals surface area contributed by atoms with Gasteiger partial charge in [-0.2, -0.15) is 5.10 Å². The largest absolute Gasteiger partial charge is 0.493 e. The van der Waals surface area contributed by atoms with Crippen LogP contribution in [0.3, 0.4) is 0 Å². The maximum Gasteiger partial charge on any atom is 0.249 e. The van der Waals surface area contributed by atoms with Gasteiger partial charge in [-0.1, -0.05) is 6.07 Å². The van der Waals surface area contributed by atoms with Gasteiger partial charge in [-0.05, 0) is 47.9 Å². The van der Waals surface area contributed by atoms with Crippen molar-refractivity contribution in [3.05, 3.63) is 47.5 Å². The third-order valence-electron chi connectivity index (χ3n) is 4.32. The second-order valence-electron chi connectivity index (χ2n) is 6.37. The number of amides is 2. The normalized spacial score (nSPS) is 10.5. The number of rotatable bonds is 11. The Hall–Kier alpha value is -3.75. The molecule has 9 nitrogen and oxygen atoms in total. The standard InChI is InChI=1S/C22H27N3O6/c1-28-17-7-5-15(11-19(17)30-3)9-10-23-21(26)13-22(27)25-24-14-16-6-8-18(29-2)20(12-16)31-4/h5-8,11-12,14H,9-10,13H2,1-4H3,(H,23,26)(H,25,27)/b24-14+. The quantitative estimate of drug-likeness (QED) is 0.321. The van der Waals surface area contributed by atoms with Gasteiger partial charge in [-0.25, -0.2) is 5.43 Å². The molecule has 0 aliphatic carbocycles. The van der Waals surface area contributed by atoms with E-state index in [1.54, 1.807) is 45.6 Å². The molecule has 2 amide bonds. The molecule has 0 radical (unpaired) electrons. The minimum absolute atomic E-state index is 0.324. The molecule has 0 heterocycles. The van der Waals surface area contributed by atoms with Crippen molar-refractivity contribution >= 4 is 18.0 Å². The van der Waals surface area contributed by atoms with E-state index in [-0.39, 0.29) is 12.3 Å². The van der Waals surface area contributed by atoms with Gasteiger partial charge in [0.15, 0.2) is 23.0 Å². The molecule has 2 aromatic carbocycles. The third kappa shape index (κ3) is 7.22. The Balaban J connectivity index is 1.76. The Morgan fingerprint density at radius 3 is 2.10 bits per heavy atom. The summed E-state index contributed by atoms with van der Waals surface area (Å²) in [6.45, 7) is 0.385. The van der Waals surface area contributed by atoms with E-state index in [1.165, 1.54) is 13.3 Å². The lowest BCUT2D eigenvalue weighted by Gasteiger charge is -2.10. The summed E-state index contributed by atoms with van der Waals surface area (Å²) in [5, 5.41) is 6.57. The van der Waals surface area contributed by atoms with E-state index in [9.17, 15) is 9.59 Å². The molecule has 31 heavy (non-hydrogen) atoms. The molecule has 0 saturated heterocycles. The van der Waals surface area contributed by atoms with Crippen LogP contribution in [0.5, 0.6) is 23.0 Å². The number of ether oxygens (including phenoxy) is 4. The maximum absolute atomic E-state index is 12.0. The van der Waals surface area contributed by atoms with Crippen molar-refractivity contribution in [3.63, 3.8) is 0 Å². The van der Waals surface area contributed by atoms with Crippen LogP contribution < -0.4 is 29.7 Å². The van der Waals surface area contributed by atoms with Crippen LogP contribution in [0.25, 0.3) is 0 Å². The molecule has 0 saturated carbocycles. The molecule has 0 fully saturated rings. The summed E-state index contributed by atoms with van der Waals surface area (Å²) in [6, 6.07) is 10.8. The zero-order valence-electron chi connectivity index (χ0n) is 18.1. The first-order valence-corrected chi connectivity index (χ1v) is 9.52. The molecule has 2 N–H and O–H groups in total. The average Bonchev–Trinajstić information content (AvgIpc) is 2.78. The summed E-state index contributed by atoms with van der Waals surface area (Å²) in [7, 11) is 6.21. The number of methoxy groups -OCH3 is 4. The van der Waals surface area contributed by atoms with E-state index in [0.717, 1.165) is 5.56 Å². The molecule has 0 unspecified atom stereocenters. The van der Waals surface area contributed by atoms with E-state index in [0.29, 0.717) is 41.5 Å². The van der Waals surface area contributed by atoms with Gasteiger partial charge in [0.25, 0.3) is 0 Å². The van der Waals surface area contributed by atoms with Crippen LogP contribution in [0.1, 0.15) is 17.5 Å². The van der Waals surface area contributed by atoms with Crippen molar-refractivity contribution in [2.75, 3.05) is 35.0 Å². The number of nitrogens with zero attached hydrogens (tertiary/aromatic N) is 1. The minimum atomic E-state index is -0.514. The predicted octanol–water partition coefficient (Wildman–Crippen LogP) is 1.92. The minimum Gasteiger partial charge on any atom is -0.493 e. The molecule has 0 aromatic heterocycles. The molecular formula is C22H27N3O6.